The molecule has 1 aliphatic heterocycles. The number of carbonyl (C=O) groups excluding carboxylic acids is 1. The summed E-state index contributed by atoms with van der Waals surface area (Å²) < 4.78 is 5.35. The number of amides is 1. The van der Waals surface area contributed by atoms with Crippen LogP contribution >= 0.6 is 11.3 Å². The first-order chi connectivity index (χ1) is 10.3. The van der Waals surface area contributed by atoms with Crippen LogP contribution in [0, 0.1) is 6.92 Å². The summed E-state index contributed by atoms with van der Waals surface area (Å²) in [5.74, 6) is 0. The van der Waals surface area contributed by atoms with Crippen molar-refractivity contribution in [1.82, 2.24) is 10.3 Å². The predicted octanol–water partition coefficient (Wildman–Crippen LogP) is 3.50. The van der Waals surface area contributed by atoms with E-state index in [-0.39, 0.29) is 12.1 Å². The van der Waals surface area contributed by atoms with E-state index in [0.29, 0.717) is 0 Å². The Labute approximate surface area is 136 Å². The van der Waals surface area contributed by atoms with Crippen LogP contribution in [0.3, 0.4) is 0 Å². The Morgan fingerprint density at radius 1 is 1.55 bits per heavy atom. The van der Waals surface area contributed by atoms with Crippen LogP contribution < -0.4 is 10.2 Å². The van der Waals surface area contributed by atoms with Gasteiger partial charge in [0.05, 0.1) is 17.2 Å². The van der Waals surface area contributed by atoms with Crippen molar-refractivity contribution in [2.45, 2.75) is 52.7 Å². The third kappa shape index (κ3) is 4.47. The maximum absolute atomic E-state index is 12.0. The average molecular weight is 323 g/mol. The van der Waals surface area contributed by atoms with Crippen LogP contribution in [0.5, 0.6) is 0 Å². The Hall–Kier alpha value is -1.56. The van der Waals surface area contributed by atoms with E-state index in [2.05, 4.69) is 21.3 Å². The molecule has 1 aliphatic rings. The maximum Gasteiger partial charge on any atom is 0.408 e. The number of nitrogens with zero attached hydrogens (tertiary/aromatic N) is 2. The van der Waals surface area contributed by atoms with Gasteiger partial charge in [-0.3, -0.25) is 0 Å². The molecule has 2 heterocycles. The lowest BCUT2D eigenvalue weighted by Gasteiger charge is -2.35. The second-order valence-corrected chi connectivity index (χ2v) is 7.70. The number of allylic oxidation sites excluding steroid dienone is 1. The van der Waals surface area contributed by atoms with Crippen LogP contribution in [-0.4, -0.2) is 35.8 Å². The number of piperidine rings is 1. The molecule has 0 unspecified atom stereocenters. The quantitative estimate of drug-likeness (QED) is 0.846. The van der Waals surface area contributed by atoms with Gasteiger partial charge in [-0.05, 0) is 46.6 Å². The summed E-state index contributed by atoms with van der Waals surface area (Å²) in [6.45, 7) is 11.4. The number of anilines is 1. The molecule has 0 saturated carbocycles. The summed E-state index contributed by atoms with van der Waals surface area (Å²) in [4.78, 5) is 18.6. The van der Waals surface area contributed by atoms with E-state index in [9.17, 15) is 4.79 Å². The number of aryl methyl sites for hydroxylation is 1. The molecule has 1 N–H and O–H groups in total. The number of ether oxygens (including phenoxy) is 1. The lowest BCUT2D eigenvalue weighted by Crippen LogP contribution is -2.47. The van der Waals surface area contributed by atoms with Crippen molar-refractivity contribution in [2.75, 3.05) is 18.0 Å². The van der Waals surface area contributed by atoms with Crippen LogP contribution in [0.25, 0.3) is 0 Å². The van der Waals surface area contributed by atoms with Gasteiger partial charge in [-0.1, -0.05) is 6.08 Å². The number of aromatic nitrogens is 1. The first-order valence-corrected chi connectivity index (χ1v) is 8.42. The monoisotopic (exact) mass is 323 g/mol. The molecule has 0 radical (unpaired) electrons. The van der Waals surface area contributed by atoms with Crippen molar-refractivity contribution in [3.63, 3.8) is 0 Å². The number of hydrogen-bond donors (Lipinski definition) is 1. The lowest BCUT2D eigenvalue weighted by molar-refractivity contribution is 0.0508. The summed E-state index contributed by atoms with van der Waals surface area (Å²) in [6, 6.07) is 0.0464. The molecule has 1 atom stereocenters. The molecule has 6 heteroatoms. The molecule has 1 aromatic rings. The summed E-state index contributed by atoms with van der Waals surface area (Å²) in [7, 11) is 0. The summed E-state index contributed by atoms with van der Waals surface area (Å²) >= 11 is 1.71. The van der Waals surface area contributed by atoms with Crippen molar-refractivity contribution < 1.29 is 9.53 Å². The number of hydrogen-bond acceptors (Lipinski definition) is 5. The molecule has 1 aromatic heterocycles. The second kappa shape index (κ2) is 6.69. The Morgan fingerprint density at radius 3 is 2.82 bits per heavy atom. The Morgan fingerprint density at radius 2 is 2.27 bits per heavy atom. The highest BCUT2D eigenvalue weighted by Gasteiger charge is 2.27. The van der Waals surface area contributed by atoms with Crippen LogP contribution in [0.1, 0.15) is 39.1 Å². The van der Waals surface area contributed by atoms with E-state index in [0.717, 1.165) is 24.5 Å². The molecule has 2 rings (SSSR count). The molecule has 1 amide bonds. The SMILES string of the molecule is C/C=C1/CN(c2cnc(C)s2)CC[C@H]1NC(=O)OC(C)(C)C. The zero-order chi connectivity index (χ0) is 16.3. The molecule has 0 spiro atoms. The molecule has 22 heavy (non-hydrogen) atoms. The third-order valence-corrected chi connectivity index (χ3v) is 4.46. The number of rotatable bonds is 2. The van der Waals surface area contributed by atoms with E-state index in [4.69, 9.17) is 4.74 Å². The Bertz CT molecular complexity index is 560. The highest BCUT2D eigenvalue weighted by atomic mass is 32.1. The summed E-state index contributed by atoms with van der Waals surface area (Å²) in [6.07, 6.45) is 4.53. The first kappa shape index (κ1) is 16.8. The van der Waals surface area contributed by atoms with E-state index in [1.165, 1.54) is 10.6 Å². The van der Waals surface area contributed by atoms with Crippen LogP contribution in [0.4, 0.5) is 9.80 Å². The topological polar surface area (TPSA) is 54.5 Å². The fourth-order valence-corrected chi connectivity index (χ4v) is 3.27. The Balaban J connectivity index is 1.97. The minimum absolute atomic E-state index is 0.0464. The van der Waals surface area contributed by atoms with Crippen LogP contribution in [0.15, 0.2) is 17.8 Å². The highest BCUT2D eigenvalue weighted by molar-refractivity contribution is 7.15. The number of thiazole rings is 1. The Kier molecular flexibility index (Phi) is 5.11. The predicted molar refractivity (Wildman–Crippen MR) is 90.6 cm³/mol. The second-order valence-electron chi connectivity index (χ2n) is 6.49. The van der Waals surface area contributed by atoms with Crippen molar-refractivity contribution in [1.29, 1.82) is 0 Å². The molecular formula is C16H25N3O2S. The normalized spacial score (nSPS) is 21.0. The summed E-state index contributed by atoms with van der Waals surface area (Å²) in [5.41, 5.74) is 0.740. The van der Waals surface area contributed by atoms with Crippen molar-refractivity contribution >= 4 is 22.4 Å². The van der Waals surface area contributed by atoms with Gasteiger partial charge in [-0.15, -0.1) is 11.3 Å². The van der Waals surface area contributed by atoms with E-state index >= 15 is 0 Å². The van der Waals surface area contributed by atoms with Gasteiger partial charge in [0.15, 0.2) is 0 Å². The third-order valence-electron chi connectivity index (χ3n) is 3.49. The van der Waals surface area contributed by atoms with E-state index in [1.54, 1.807) is 11.3 Å². The molecule has 0 bridgehead atoms. The zero-order valence-electron chi connectivity index (χ0n) is 14.0. The maximum atomic E-state index is 12.0. The zero-order valence-corrected chi connectivity index (χ0v) is 14.8. The number of nitrogens with one attached hydrogen (secondary N) is 1. The smallest absolute Gasteiger partial charge is 0.408 e. The molecule has 5 nitrogen and oxygen atoms in total. The first-order valence-electron chi connectivity index (χ1n) is 7.60. The van der Waals surface area contributed by atoms with Crippen molar-refractivity contribution in [3.05, 3.63) is 22.9 Å². The van der Waals surface area contributed by atoms with Crippen LogP contribution in [-0.2, 0) is 4.74 Å². The van der Waals surface area contributed by atoms with Gasteiger partial charge >= 0.3 is 6.09 Å². The lowest BCUT2D eigenvalue weighted by atomic mass is 9.98. The van der Waals surface area contributed by atoms with Crippen molar-refractivity contribution in [3.8, 4) is 0 Å². The van der Waals surface area contributed by atoms with E-state index < -0.39 is 5.60 Å². The molecule has 0 aromatic carbocycles. The fourth-order valence-electron chi connectivity index (χ4n) is 2.47. The van der Waals surface area contributed by atoms with Crippen LogP contribution in [0.2, 0.25) is 0 Å². The minimum atomic E-state index is -0.471. The van der Waals surface area contributed by atoms with Gasteiger partial charge < -0.3 is 15.0 Å². The van der Waals surface area contributed by atoms with Gasteiger partial charge in [-0.25, -0.2) is 9.78 Å². The minimum Gasteiger partial charge on any atom is -0.444 e. The van der Waals surface area contributed by atoms with Gasteiger partial charge in [0.1, 0.15) is 10.6 Å². The van der Waals surface area contributed by atoms with E-state index in [1.807, 2.05) is 40.8 Å². The van der Waals surface area contributed by atoms with Gasteiger partial charge in [0.2, 0.25) is 0 Å². The molecule has 0 aliphatic carbocycles. The number of carbonyl (C=O) groups is 1. The molecule has 122 valence electrons. The van der Waals surface area contributed by atoms with Gasteiger partial charge in [-0.2, -0.15) is 0 Å². The fraction of sp³-hybridized carbons (Fsp3) is 0.625. The van der Waals surface area contributed by atoms with Crippen molar-refractivity contribution in [2.24, 2.45) is 0 Å². The molecular weight excluding hydrogens is 298 g/mol. The number of alkyl carbamates (subject to hydrolysis) is 1. The highest BCUT2D eigenvalue weighted by Crippen LogP contribution is 2.28. The average Bonchev–Trinajstić information content (AvgIpc) is 2.83. The molecule has 1 fully saturated rings. The van der Waals surface area contributed by atoms with Gasteiger partial charge in [0.25, 0.3) is 0 Å². The summed E-state index contributed by atoms with van der Waals surface area (Å²) in [5, 5.41) is 5.25. The van der Waals surface area contributed by atoms with Gasteiger partial charge in [0, 0.05) is 13.1 Å². The largest absolute Gasteiger partial charge is 0.444 e. The standard InChI is InChI=1S/C16H25N3O2S/c1-6-12-10-19(14-9-17-11(2)22-14)8-7-13(12)18-15(20)21-16(3,4)5/h6,9,13H,7-8,10H2,1-5H3,(H,18,20)/b12-6-/t13-/m1/s1. The molecule has 1 saturated heterocycles.